The Labute approximate surface area is 260 Å². The van der Waals surface area contributed by atoms with Crippen molar-refractivity contribution in [2.75, 3.05) is 6.54 Å². The number of halogens is 3. The minimum atomic E-state index is -4.43. The van der Waals surface area contributed by atoms with Gasteiger partial charge in [-0.25, -0.2) is 4.98 Å². The number of amides is 1. The van der Waals surface area contributed by atoms with Gasteiger partial charge in [0.1, 0.15) is 11.7 Å². The number of alkyl halides is 3. The minimum absolute atomic E-state index is 0.0699. The third-order valence-corrected chi connectivity index (χ3v) is 8.59. The van der Waals surface area contributed by atoms with E-state index in [1.165, 1.54) is 28.4 Å². The molecule has 3 aromatic carbocycles. The van der Waals surface area contributed by atoms with Crippen LogP contribution in [0.15, 0.2) is 84.2 Å². The predicted molar refractivity (Wildman–Crippen MR) is 166 cm³/mol. The lowest BCUT2D eigenvalue weighted by Gasteiger charge is -2.25. The molecule has 5 nitrogen and oxygen atoms in total. The van der Waals surface area contributed by atoms with E-state index in [-0.39, 0.29) is 24.0 Å². The van der Waals surface area contributed by atoms with Crippen LogP contribution in [-0.2, 0) is 6.18 Å². The van der Waals surface area contributed by atoms with Crippen molar-refractivity contribution in [3.63, 3.8) is 0 Å². The Bertz CT molecular complexity index is 1590. The summed E-state index contributed by atoms with van der Waals surface area (Å²) in [6, 6.07) is 22.6. The Morgan fingerprint density at radius 2 is 1.64 bits per heavy atom. The second-order valence-electron chi connectivity index (χ2n) is 10.5. The first-order chi connectivity index (χ1) is 21.2. The first-order valence-electron chi connectivity index (χ1n) is 14.7. The van der Waals surface area contributed by atoms with Gasteiger partial charge in [-0.1, -0.05) is 80.1 Å². The molecule has 0 aliphatic rings. The zero-order valence-corrected chi connectivity index (χ0v) is 25.5. The van der Waals surface area contributed by atoms with Gasteiger partial charge < -0.3 is 4.90 Å². The van der Waals surface area contributed by atoms with Gasteiger partial charge in [0.25, 0.3) is 5.91 Å². The molecular formula is C35H34F3N3O2S. The summed E-state index contributed by atoms with van der Waals surface area (Å²) in [5.74, 6) is -0.302. The van der Waals surface area contributed by atoms with Crippen LogP contribution in [0, 0.1) is 11.3 Å². The molecule has 4 rings (SSSR count). The molecule has 2 atom stereocenters. The van der Waals surface area contributed by atoms with Gasteiger partial charge in [-0.2, -0.15) is 18.4 Å². The fourth-order valence-corrected chi connectivity index (χ4v) is 6.29. The molecule has 1 amide bonds. The lowest BCUT2D eigenvalue weighted by molar-refractivity contribution is -0.137. The van der Waals surface area contributed by atoms with Crippen LogP contribution < -0.4 is 0 Å². The van der Waals surface area contributed by atoms with Crippen LogP contribution in [0.3, 0.4) is 0 Å². The number of thiazole rings is 1. The molecule has 0 bridgehead atoms. The normalized spacial score (nSPS) is 12.7. The summed E-state index contributed by atoms with van der Waals surface area (Å²) in [5, 5.41) is 12.4. The van der Waals surface area contributed by atoms with Crippen LogP contribution in [0.1, 0.15) is 94.9 Å². The lowest BCUT2D eigenvalue weighted by Crippen LogP contribution is -2.34. The van der Waals surface area contributed by atoms with Crippen LogP contribution >= 0.6 is 11.3 Å². The molecule has 2 unspecified atom stereocenters. The van der Waals surface area contributed by atoms with E-state index in [4.69, 9.17) is 4.98 Å². The number of Topliss-reactive ketones (excluding diaryl/α,β-unsaturated/α-hetero) is 1. The summed E-state index contributed by atoms with van der Waals surface area (Å²) < 4.78 is 39.1. The highest BCUT2D eigenvalue weighted by molar-refractivity contribution is 7.09. The number of nitrogens with zero attached hydrogens (tertiary/aromatic N) is 3. The molecule has 0 aliphatic heterocycles. The highest BCUT2D eigenvalue weighted by Gasteiger charge is 2.30. The first-order valence-corrected chi connectivity index (χ1v) is 15.6. The van der Waals surface area contributed by atoms with Crippen molar-refractivity contribution in [2.45, 2.75) is 64.1 Å². The number of hydrogen-bond donors (Lipinski definition) is 0. The second kappa shape index (κ2) is 14.9. The third-order valence-electron chi connectivity index (χ3n) is 7.59. The molecule has 0 saturated carbocycles. The van der Waals surface area contributed by atoms with E-state index in [2.05, 4.69) is 13.0 Å². The Hall–Kier alpha value is -4.29. The van der Waals surface area contributed by atoms with Crippen molar-refractivity contribution < 1.29 is 22.8 Å². The van der Waals surface area contributed by atoms with Crippen molar-refractivity contribution in [3.8, 4) is 17.2 Å². The number of carbonyl (C=O) groups excluding carboxylic acids is 2. The zero-order valence-electron chi connectivity index (χ0n) is 24.7. The second-order valence-corrected chi connectivity index (χ2v) is 11.4. The molecule has 44 heavy (non-hydrogen) atoms. The topological polar surface area (TPSA) is 74.1 Å². The molecule has 0 radical (unpaired) electrons. The van der Waals surface area contributed by atoms with Crippen LogP contribution in [-0.4, -0.2) is 28.1 Å². The zero-order chi connectivity index (χ0) is 31.7. The maximum absolute atomic E-state index is 13.4. The largest absolute Gasteiger partial charge is 0.416 e. The molecule has 0 N–H and O–H groups in total. The van der Waals surface area contributed by atoms with Gasteiger partial charge in [0.2, 0.25) is 0 Å². The maximum Gasteiger partial charge on any atom is 0.416 e. The van der Waals surface area contributed by atoms with E-state index in [1.54, 1.807) is 29.6 Å². The van der Waals surface area contributed by atoms with Crippen molar-refractivity contribution in [3.05, 3.63) is 112 Å². The fourth-order valence-electron chi connectivity index (χ4n) is 5.32. The highest BCUT2D eigenvalue weighted by atomic mass is 32.1. The van der Waals surface area contributed by atoms with Gasteiger partial charge in [-0.05, 0) is 55.0 Å². The van der Waals surface area contributed by atoms with Crippen molar-refractivity contribution in [1.29, 1.82) is 5.26 Å². The monoisotopic (exact) mass is 617 g/mol. The van der Waals surface area contributed by atoms with E-state index < -0.39 is 17.8 Å². The van der Waals surface area contributed by atoms with Crippen molar-refractivity contribution >= 4 is 23.0 Å². The molecule has 0 fully saturated rings. The van der Waals surface area contributed by atoms with Gasteiger partial charge in [-0.3, -0.25) is 9.59 Å². The summed E-state index contributed by atoms with van der Waals surface area (Å²) in [4.78, 5) is 32.9. The van der Waals surface area contributed by atoms with E-state index in [1.807, 2.05) is 37.3 Å². The van der Waals surface area contributed by atoms with Crippen molar-refractivity contribution in [1.82, 2.24) is 9.88 Å². The average molecular weight is 618 g/mol. The van der Waals surface area contributed by atoms with E-state index in [9.17, 15) is 28.0 Å². The maximum atomic E-state index is 13.4. The van der Waals surface area contributed by atoms with Gasteiger partial charge in [-0.15, -0.1) is 11.3 Å². The lowest BCUT2D eigenvalue weighted by atomic mass is 9.92. The minimum Gasteiger partial charge on any atom is -0.317 e. The average Bonchev–Trinajstić information content (AvgIpc) is 3.53. The van der Waals surface area contributed by atoms with Crippen LogP contribution in [0.5, 0.6) is 0 Å². The van der Waals surface area contributed by atoms with Gasteiger partial charge in [0.05, 0.1) is 16.6 Å². The number of nitriles is 1. The van der Waals surface area contributed by atoms with Crippen LogP contribution in [0.2, 0.25) is 0 Å². The highest BCUT2D eigenvalue weighted by Crippen LogP contribution is 2.34. The third kappa shape index (κ3) is 7.80. The molecule has 1 heterocycles. The standard InChI is InChI=1S/C35H34F3N3O2S/c1-3-11-26(33-40-30(23-44-33)34(43)41(4-2)31(22-39)25-12-6-5-7-13-25)14-10-17-32(42)29-16-9-8-15-28(29)24-18-20-27(21-19-24)35(36,37)38/h5-9,12-13,15-16,18-21,23,26,31H,3-4,10-11,14,17H2,1-2H3. The van der Waals surface area contributed by atoms with Crippen LogP contribution in [0.4, 0.5) is 13.2 Å². The van der Waals surface area contributed by atoms with Crippen molar-refractivity contribution in [2.24, 2.45) is 0 Å². The Kier molecular flexibility index (Phi) is 11.1. The quantitative estimate of drug-likeness (QED) is 0.140. The molecule has 0 spiro atoms. The molecule has 0 aliphatic carbocycles. The SMILES string of the molecule is CCCC(CCCC(=O)c1ccccc1-c1ccc(C(F)(F)F)cc1)c1nc(C(=O)N(CC)C(C#N)c2ccccc2)cs1. The summed E-state index contributed by atoms with van der Waals surface area (Å²) >= 11 is 1.42. The summed E-state index contributed by atoms with van der Waals surface area (Å²) in [6.45, 7) is 4.27. The van der Waals surface area contributed by atoms with E-state index >= 15 is 0 Å². The molecule has 4 aromatic rings. The Balaban J connectivity index is 1.43. The number of aromatic nitrogens is 1. The summed E-state index contributed by atoms with van der Waals surface area (Å²) in [5.41, 5.74) is 1.96. The summed E-state index contributed by atoms with van der Waals surface area (Å²) in [7, 11) is 0. The molecule has 0 saturated heterocycles. The molecule has 9 heteroatoms. The number of benzene rings is 3. The number of ketones is 1. The van der Waals surface area contributed by atoms with E-state index in [0.29, 0.717) is 41.8 Å². The predicted octanol–water partition coefficient (Wildman–Crippen LogP) is 9.49. The molecule has 1 aromatic heterocycles. The molecule has 228 valence electrons. The number of hydrogen-bond acceptors (Lipinski definition) is 5. The first kappa shape index (κ1) is 32.6. The van der Waals surface area contributed by atoms with Crippen LogP contribution in [0.25, 0.3) is 11.1 Å². The number of carbonyl (C=O) groups is 2. The fraction of sp³-hybridized carbons (Fsp3) is 0.314. The molecular weight excluding hydrogens is 583 g/mol. The van der Waals surface area contributed by atoms with Gasteiger partial charge in [0.15, 0.2) is 5.78 Å². The summed E-state index contributed by atoms with van der Waals surface area (Å²) in [6.07, 6.45) is -1.10. The Morgan fingerprint density at radius 3 is 2.27 bits per heavy atom. The smallest absolute Gasteiger partial charge is 0.317 e. The number of rotatable bonds is 13. The van der Waals surface area contributed by atoms with Gasteiger partial charge in [0, 0.05) is 29.8 Å². The van der Waals surface area contributed by atoms with Gasteiger partial charge >= 0.3 is 6.18 Å². The Morgan fingerprint density at radius 1 is 0.955 bits per heavy atom. The van der Waals surface area contributed by atoms with E-state index in [0.717, 1.165) is 35.5 Å².